The molecule has 0 bridgehead atoms. The van der Waals surface area contributed by atoms with Crippen LogP contribution in [0.3, 0.4) is 0 Å². The second-order valence-electron chi connectivity index (χ2n) is 17.9. The molecule has 0 saturated carbocycles. The van der Waals surface area contributed by atoms with Crippen LogP contribution in [0, 0.1) is 0 Å². The Kier molecular flexibility index (Phi) is 7.63. The SMILES string of the molecule is CC1(C)c2ccccc2-c2cccc(-c3ccc(N(c4ccc(-c5cccc6sc7ccccc7c56)cc4)c4ccc5c(c4)C4(CCc6ccccc64)c4ccccc4-5)cc3)c21. The van der Waals surface area contributed by atoms with E-state index in [1.54, 1.807) is 0 Å². The molecule has 3 aliphatic carbocycles. The molecule has 2 heteroatoms. The van der Waals surface area contributed by atoms with Crippen molar-refractivity contribution in [2.75, 3.05) is 4.90 Å². The molecule has 62 heavy (non-hydrogen) atoms. The summed E-state index contributed by atoms with van der Waals surface area (Å²) in [6.07, 6.45) is 2.16. The summed E-state index contributed by atoms with van der Waals surface area (Å²) in [6, 6.07) is 75.5. The van der Waals surface area contributed by atoms with Crippen LogP contribution in [0.15, 0.2) is 200 Å². The molecule has 3 aliphatic rings. The molecule has 10 aromatic rings. The molecule has 13 rings (SSSR count). The Hall–Kier alpha value is -7.00. The first-order chi connectivity index (χ1) is 30.5. The highest BCUT2D eigenvalue weighted by atomic mass is 32.1. The molecule has 1 heterocycles. The van der Waals surface area contributed by atoms with Crippen LogP contribution in [0.2, 0.25) is 0 Å². The average molecular weight is 810 g/mol. The molecular weight excluding hydrogens is 767 g/mol. The first kappa shape index (κ1) is 35.7. The van der Waals surface area contributed by atoms with Crippen molar-refractivity contribution in [1.82, 2.24) is 0 Å². The summed E-state index contributed by atoms with van der Waals surface area (Å²) in [5.41, 5.74) is 22.2. The predicted molar refractivity (Wildman–Crippen MR) is 263 cm³/mol. The monoisotopic (exact) mass is 809 g/mol. The fraction of sp³-hybridized carbons (Fsp3) is 0.100. The maximum Gasteiger partial charge on any atom is 0.0470 e. The summed E-state index contributed by atoms with van der Waals surface area (Å²) < 4.78 is 2.66. The molecule has 0 radical (unpaired) electrons. The van der Waals surface area contributed by atoms with Crippen LogP contribution in [-0.2, 0) is 17.3 Å². The quantitative estimate of drug-likeness (QED) is 0.167. The lowest BCUT2D eigenvalue weighted by molar-refractivity contribution is 0.626. The molecule has 0 aliphatic heterocycles. The van der Waals surface area contributed by atoms with Gasteiger partial charge in [-0.05, 0) is 139 Å². The third-order valence-corrected chi connectivity index (χ3v) is 15.6. The standard InChI is InChI=1S/C60H43NS/c1-59(2)52-21-8-4-15-47(52)49-19-11-18-45(58(49)59)39-27-31-42(32-28-39)61(41-29-25-38(26-30-41)44-17-12-24-56-57(44)50-16-6-10-23-55(50)62-56)43-33-34-48-46-14-5-9-22-53(46)60(54(48)37-43)36-35-40-13-3-7-20-51(40)60/h3-34,37H,35-36H2,1-2H3. The summed E-state index contributed by atoms with van der Waals surface area (Å²) in [4.78, 5) is 2.47. The van der Waals surface area contributed by atoms with Crippen molar-refractivity contribution in [2.45, 2.75) is 37.5 Å². The van der Waals surface area contributed by atoms with Gasteiger partial charge in [0.05, 0.1) is 0 Å². The molecule has 1 aromatic heterocycles. The van der Waals surface area contributed by atoms with Crippen molar-refractivity contribution >= 4 is 48.6 Å². The Morgan fingerprint density at radius 2 is 0.968 bits per heavy atom. The average Bonchev–Trinajstić information content (AvgIpc) is 4.05. The molecule has 0 fully saturated rings. The van der Waals surface area contributed by atoms with E-state index in [-0.39, 0.29) is 10.8 Å². The largest absolute Gasteiger partial charge is 0.310 e. The first-order valence-corrected chi connectivity index (χ1v) is 22.8. The summed E-state index contributed by atoms with van der Waals surface area (Å²) in [7, 11) is 0. The maximum absolute atomic E-state index is 2.52. The number of thiophene rings is 1. The Balaban J connectivity index is 0.968. The van der Waals surface area contributed by atoms with Crippen molar-refractivity contribution in [3.8, 4) is 44.5 Å². The van der Waals surface area contributed by atoms with Crippen molar-refractivity contribution in [3.63, 3.8) is 0 Å². The van der Waals surface area contributed by atoms with Gasteiger partial charge >= 0.3 is 0 Å². The minimum atomic E-state index is -0.169. The number of fused-ring (bicyclic) bond motifs is 13. The van der Waals surface area contributed by atoms with Crippen molar-refractivity contribution in [2.24, 2.45) is 0 Å². The van der Waals surface area contributed by atoms with Crippen LogP contribution in [0.25, 0.3) is 64.7 Å². The fourth-order valence-corrected chi connectivity index (χ4v) is 12.9. The predicted octanol–water partition coefficient (Wildman–Crippen LogP) is 16.4. The summed E-state index contributed by atoms with van der Waals surface area (Å²) in [5.74, 6) is 0. The molecule has 294 valence electrons. The van der Waals surface area contributed by atoms with Crippen molar-refractivity contribution in [1.29, 1.82) is 0 Å². The molecule has 1 spiro atoms. The summed E-state index contributed by atoms with van der Waals surface area (Å²) >= 11 is 1.88. The van der Waals surface area contributed by atoms with E-state index < -0.39 is 0 Å². The van der Waals surface area contributed by atoms with Gasteiger partial charge in [-0.1, -0.05) is 166 Å². The highest BCUT2D eigenvalue weighted by Gasteiger charge is 2.48. The van der Waals surface area contributed by atoms with E-state index in [9.17, 15) is 0 Å². The fourth-order valence-electron chi connectivity index (χ4n) is 11.8. The third kappa shape index (κ3) is 4.96. The van der Waals surface area contributed by atoms with E-state index in [0.29, 0.717) is 0 Å². The van der Waals surface area contributed by atoms with E-state index in [2.05, 4.69) is 219 Å². The van der Waals surface area contributed by atoms with Gasteiger partial charge in [0.1, 0.15) is 0 Å². The van der Waals surface area contributed by atoms with Gasteiger partial charge < -0.3 is 4.90 Å². The highest BCUT2D eigenvalue weighted by Crippen LogP contribution is 2.59. The van der Waals surface area contributed by atoms with Crippen LogP contribution in [-0.4, -0.2) is 0 Å². The van der Waals surface area contributed by atoms with E-state index in [1.165, 1.54) is 104 Å². The van der Waals surface area contributed by atoms with Gasteiger partial charge in [0.2, 0.25) is 0 Å². The third-order valence-electron chi connectivity index (χ3n) is 14.5. The molecule has 0 amide bonds. The van der Waals surface area contributed by atoms with Gasteiger partial charge in [-0.15, -0.1) is 11.3 Å². The second-order valence-corrected chi connectivity index (χ2v) is 19.0. The minimum Gasteiger partial charge on any atom is -0.310 e. The second kappa shape index (κ2) is 13.2. The minimum absolute atomic E-state index is 0.0918. The van der Waals surface area contributed by atoms with Crippen LogP contribution in [0.5, 0.6) is 0 Å². The van der Waals surface area contributed by atoms with Gasteiger partial charge in [-0.25, -0.2) is 0 Å². The smallest absolute Gasteiger partial charge is 0.0470 e. The van der Waals surface area contributed by atoms with Gasteiger partial charge in [0, 0.05) is 48.1 Å². The number of benzene rings is 9. The van der Waals surface area contributed by atoms with E-state index in [1.807, 2.05) is 11.3 Å². The van der Waals surface area contributed by atoms with Crippen molar-refractivity contribution in [3.05, 3.63) is 234 Å². The van der Waals surface area contributed by atoms with Crippen LogP contribution < -0.4 is 4.90 Å². The summed E-state index contributed by atoms with van der Waals surface area (Å²) in [5, 5.41) is 2.67. The van der Waals surface area contributed by atoms with Gasteiger partial charge in [-0.3, -0.25) is 0 Å². The first-order valence-electron chi connectivity index (χ1n) is 22.0. The zero-order valence-electron chi connectivity index (χ0n) is 34.8. The Morgan fingerprint density at radius 3 is 1.76 bits per heavy atom. The molecule has 9 aromatic carbocycles. The molecule has 0 N–H and O–H groups in total. The topological polar surface area (TPSA) is 3.24 Å². The normalized spacial score (nSPS) is 16.3. The van der Waals surface area contributed by atoms with Gasteiger partial charge in [-0.2, -0.15) is 0 Å². The van der Waals surface area contributed by atoms with Crippen LogP contribution >= 0.6 is 11.3 Å². The number of nitrogens with zero attached hydrogens (tertiary/aromatic N) is 1. The van der Waals surface area contributed by atoms with Gasteiger partial charge in [0.15, 0.2) is 0 Å². The molecular formula is C60H43NS. The molecule has 1 atom stereocenters. The molecule has 0 saturated heterocycles. The Labute approximate surface area is 367 Å². The van der Waals surface area contributed by atoms with E-state index in [0.717, 1.165) is 24.2 Å². The van der Waals surface area contributed by atoms with Crippen LogP contribution in [0.1, 0.15) is 53.6 Å². The number of aryl methyl sites for hydroxylation is 1. The Bertz CT molecular complexity index is 3440. The lowest BCUT2D eigenvalue weighted by Crippen LogP contribution is -2.24. The summed E-state index contributed by atoms with van der Waals surface area (Å²) in [6.45, 7) is 4.76. The lowest BCUT2D eigenvalue weighted by atomic mass is 9.73. The van der Waals surface area contributed by atoms with Crippen LogP contribution in [0.4, 0.5) is 17.1 Å². The van der Waals surface area contributed by atoms with Gasteiger partial charge in [0.25, 0.3) is 0 Å². The highest BCUT2D eigenvalue weighted by molar-refractivity contribution is 7.25. The zero-order valence-corrected chi connectivity index (χ0v) is 35.6. The van der Waals surface area contributed by atoms with Crippen molar-refractivity contribution < 1.29 is 0 Å². The maximum atomic E-state index is 2.52. The Morgan fingerprint density at radius 1 is 0.419 bits per heavy atom. The number of hydrogen-bond acceptors (Lipinski definition) is 2. The zero-order chi connectivity index (χ0) is 41.2. The van der Waals surface area contributed by atoms with E-state index in [4.69, 9.17) is 0 Å². The lowest BCUT2D eigenvalue weighted by Gasteiger charge is -2.31. The number of rotatable bonds is 5. The number of hydrogen-bond donors (Lipinski definition) is 0. The number of anilines is 3. The molecule has 1 unspecified atom stereocenters. The van der Waals surface area contributed by atoms with E-state index >= 15 is 0 Å². The molecule has 1 nitrogen and oxygen atoms in total.